The van der Waals surface area contributed by atoms with Gasteiger partial charge >= 0.3 is 5.97 Å². The summed E-state index contributed by atoms with van der Waals surface area (Å²) in [6, 6.07) is 5.59. The lowest BCUT2D eigenvalue weighted by Gasteiger charge is -2.07. The topological polar surface area (TPSA) is 54.3 Å². The van der Waals surface area contributed by atoms with Gasteiger partial charge in [-0.15, -0.1) is 0 Å². The first-order valence-electron chi connectivity index (χ1n) is 5.44. The Morgan fingerprint density at radius 2 is 2.22 bits per heavy atom. The normalized spacial score (nSPS) is 10.3. The molecule has 0 radical (unpaired) electrons. The largest absolute Gasteiger partial charge is 0.478 e. The van der Waals surface area contributed by atoms with Gasteiger partial charge in [0.2, 0.25) is 0 Å². The molecule has 0 fully saturated rings. The van der Waals surface area contributed by atoms with Crippen molar-refractivity contribution in [2.75, 3.05) is 5.32 Å². The van der Waals surface area contributed by atoms with Gasteiger partial charge in [0.15, 0.2) is 0 Å². The Hall–Kier alpha value is -2.30. The summed E-state index contributed by atoms with van der Waals surface area (Å²) in [6.45, 7) is 0.445. The first-order valence-corrected chi connectivity index (χ1v) is 5.44. The van der Waals surface area contributed by atoms with Gasteiger partial charge in [0, 0.05) is 26.0 Å². The number of carbonyl (C=O) groups is 1. The van der Waals surface area contributed by atoms with E-state index in [0.717, 1.165) is 11.6 Å². The van der Waals surface area contributed by atoms with Crippen LogP contribution in [0.5, 0.6) is 0 Å². The van der Waals surface area contributed by atoms with Gasteiger partial charge in [-0.05, 0) is 29.8 Å². The van der Waals surface area contributed by atoms with Crippen molar-refractivity contribution < 1.29 is 14.3 Å². The van der Waals surface area contributed by atoms with Gasteiger partial charge in [-0.25, -0.2) is 9.18 Å². The van der Waals surface area contributed by atoms with Gasteiger partial charge in [-0.3, -0.25) is 0 Å². The van der Waals surface area contributed by atoms with Crippen molar-refractivity contribution in [2.24, 2.45) is 7.05 Å². The van der Waals surface area contributed by atoms with Crippen LogP contribution in [0.2, 0.25) is 0 Å². The monoisotopic (exact) mass is 248 g/mol. The Morgan fingerprint density at radius 1 is 1.44 bits per heavy atom. The SMILES string of the molecule is Cn1ccc(CNc2cc(C(=O)O)ccc2F)c1. The molecule has 18 heavy (non-hydrogen) atoms. The number of aromatic nitrogens is 1. The molecule has 94 valence electrons. The minimum atomic E-state index is -1.07. The van der Waals surface area contributed by atoms with Gasteiger partial charge in [0.05, 0.1) is 11.3 Å². The lowest BCUT2D eigenvalue weighted by atomic mass is 10.2. The average Bonchev–Trinajstić information content (AvgIpc) is 2.74. The Labute approximate surface area is 104 Å². The minimum absolute atomic E-state index is 0.0620. The predicted octanol–water partition coefficient (Wildman–Crippen LogP) is 2.47. The predicted molar refractivity (Wildman–Crippen MR) is 66.1 cm³/mol. The second-order valence-corrected chi connectivity index (χ2v) is 4.04. The molecule has 1 aromatic heterocycles. The number of carboxylic acids is 1. The number of benzene rings is 1. The summed E-state index contributed by atoms with van der Waals surface area (Å²) in [6.07, 6.45) is 3.80. The molecule has 0 amide bonds. The third kappa shape index (κ3) is 2.68. The first-order chi connectivity index (χ1) is 8.56. The van der Waals surface area contributed by atoms with E-state index in [1.165, 1.54) is 12.1 Å². The van der Waals surface area contributed by atoms with Gasteiger partial charge in [0.25, 0.3) is 0 Å². The van der Waals surface area contributed by atoms with Crippen LogP contribution in [0.3, 0.4) is 0 Å². The van der Waals surface area contributed by atoms with Gasteiger partial charge < -0.3 is 15.0 Å². The molecule has 2 rings (SSSR count). The standard InChI is InChI=1S/C13H13FN2O2/c1-16-5-4-9(8-16)7-15-12-6-10(13(17)18)2-3-11(12)14/h2-6,8,15H,7H2,1H3,(H,17,18). The van der Waals surface area contributed by atoms with E-state index in [9.17, 15) is 9.18 Å². The number of anilines is 1. The van der Waals surface area contributed by atoms with Gasteiger partial charge in [0.1, 0.15) is 5.82 Å². The van der Waals surface area contributed by atoms with Crippen LogP contribution in [-0.2, 0) is 13.6 Å². The number of nitrogens with one attached hydrogen (secondary N) is 1. The van der Waals surface area contributed by atoms with Crippen LogP contribution < -0.4 is 5.32 Å². The Morgan fingerprint density at radius 3 is 2.83 bits per heavy atom. The number of carboxylic acid groups (broad SMARTS) is 1. The van der Waals surface area contributed by atoms with E-state index in [1.807, 2.05) is 30.1 Å². The maximum Gasteiger partial charge on any atom is 0.335 e. The summed E-state index contributed by atoms with van der Waals surface area (Å²) >= 11 is 0. The Balaban J connectivity index is 2.13. The summed E-state index contributed by atoms with van der Waals surface area (Å²) < 4.78 is 15.4. The van der Waals surface area contributed by atoms with Gasteiger partial charge in [-0.1, -0.05) is 0 Å². The molecule has 0 saturated heterocycles. The molecule has 0 saturated carbocycles. The maximum absolute atomic E-state index is 13.5. The van der Waals surface area contributed by atoms with Crippen LogP contribution in [-0.4, -0.2) is 15.6 Å². The molecular formula is C13H13FN2O2. The van der Waals surface area contributed by atoms with Crippen LogP contribution in [0, 0.1) is 5.82 Å². The molecule has 0 spiro atoms. The smallest absolute Gasteiger partial charge is 0.335 e. The number of hydrogen-bond acceptors (Lipinski definition) is 2. The molecule has 0 aliphatic rings. The van der Waals surface area contributed by atoms with Crippen molar-refractivity contribution in [1.29, 1.82) is 0 Å². The highest BCUT2D eigenvalue weighted by atomic mass is 19.1. The molecule has 0 unspecified atom stereocenters. The van der Waals surface area contributed by atoms with E-state index in [-0.39, 0.29) is 11.3 Å². The van der Waals surface area contributed by atoms with E-state index >= 15 is 0 Å². The molecular weight excluding hydrogens is 235 g/mol. The minimum Gasteiger partial charge on any atom is -0.478 e. The van der Waals surface area contributed by atoms with Gasteiger partial charge in [-0.2, -0.15) is 0 Å². The van der Waals surface area contributed by atoms with Crippen molar-refractivity contribution in [2.45, 2.75) is 6.54 Å². The van der Waals surface area contributed by atoms with Crippen LogP contribution in [0.4, 0.5) is 10.1 Å². The fourth-order valence-corrected chi connectivity index (χ4v) is 1.66. The second-order valence-electron chi connectivity index (χ2n) is 4.04. The maximum atomic E-state index is 13.5. The van der Waals surface area contributed by atoms with Crippen LogP contribution in [0.15, 0.2) is 36.7 Å². The highest BCUT2D eigenvalue weighted by Gasteiger charge is 2.08. The van der Waals surface area contributed by atoms with E-state index in [2.05, 4.69) is 5.32 Å². The molecule has 2 N–H and O–H groups in total. The summed E-state index contributed by atoms with van der Waals surface area (Å²) in [7, 11) is 1.90. The first kappa shape index (κ1) is 12.2. The number of nitrogens with zero attached hydrogens (tertiary/aromatic N) is 1. The summed E-state index contributed by atoms with van der Waals surface area (Å²) in [5, 5.41) is 11.7. The zero-order valence-electron chi connectivity index (χ0n) is 9.85. The zero-order chi connectivity index (χ0) is 13.1. The quantitative estimate of drug-likeness (QED) is 0.874. The van der Waals surface area contributed by atoms with E-state index < -0.39 is 11.8 Å². The summed E-state index contributed by atoms with van der Waals surface area (Å²) in [4.78, 5) is 10.8. The third-order valence-electron chi connectivity index (χ3n) is 2.59. The van der Waals surface area contributed by atoms with Crippen molar-refractivity contribution in [3.63, 3.8) is 0 Å². The Kier molecular flexibility index (Phi) is 3.32. The highest BCUT2D eigenvalue weighted by Crippen LogP contribution is 2.17. The number of aryl methyl sites for hydroxylation is 1. The fraction of sp³-hybridized carbons (Fsp3) is 0.154. The number of rotatable bonds is 4. The number of aromatic carboxylic acids is 1. The Bertz CT molecular complexity index is 578. The van der Waals surface area contributed by atoms with Crippen LogP contribution in [0.1, 0.15) is 15.9 Å². The van der Waals surface area contributed by atoms with Crippen molar-refractivity contribution >= 4 is 11.7 Å². The van der Waals surface area contributed by atoms with Crippen molar-refractivity contribution in [3.8, 4) is 0 Å². The molecule has 0 aliphatic carbocycles. The number of halogens is 1. The molecule has 1 aromatic carbocycles. The molecule has 4 nitrogen and oxygen atoms in total. The molecule has 2 aromatic rings. The third-order valence-corrected chi connectivity index (χ3v) is 2.59. The molecule has 0 bridgehead atoms. The lowest BCUT2D eigenvalue weighted by molar-refractivity contribution is 0.0697. The van der Waals surface area contributed by atoms with Crippen molar-refractivity contribution in [1.82, 2.24) is 4.57 Å². The van der Waals surface area contributed by atoms with Crippen LogP contribution >= 0.6 is 0 Å². The molecule has 0 atom stereocenters. The van der Waals surface area contributed by atoms with Crippen LogP contribution in [0.25, 0.3) is 0 Å². The zero-order valence-corrected chi connectivity index (χ0v) is 9.85. The van der Waals surface area contributed by atoms with E-state index in [0.29, 0.717) is 6.54 Å². The van der Waals surface area contributed by atoms with E-state index in [1.54, 1.807) is 0 Å². The second kappa shape index (κ2) is 4.91. The highest BCUT2D eigenvalue weighted by molar-refractivity contribution is 5.88. The average molecular weight is 248 g/mol. The molecule has 5 heteroatoms. The van der Waals surface area contributed by atoms with E-state index in [4.69, 9.17) is 5.11 Å². The summed E-state index contributed by atoms with van der Waals surface area (Å²) in [5.74, 6) is -1.53. The number of hydrogen-bond donors (Lipinski definition) is 2. The lowest BCUT2D eigenvalue weighted by Crippen LogP contribution is -2.03. The fourth-order valence-electron chi connectivity index (χ4n) is 1.66. The molecule has 0 aliphatic heterocycles. The van der Waals surface area contributed by atoms with Crippen molar-refractivity contribution in [3.05, 3.63) is 53.6 Å². The molecule has 1 heterocycles. The summed E-state index contributed by atoms with van der Waals surface area (Å²) in [5.41, 5.74) is 1.25.